The fraction of sp³-hybridized carbons (Fsp3) is 0.444. The summed E-state index contributed by atoms with van der Waals surface area (Å²) in [4.78, 5) is 49.3. The maximum atomic E-state index is 12.2. The molecule has 3 amide bonds. The third kappa shape index (κ3) is 6.82. The molecule has 208 valence electrons. The Hall–Kier alpha value is -4.19. The molecule has 1 aromatic heterocycles. The van der Waals surface area contributed by atoms with Crippen molar-refractivity contribution in [2.75, 3.05) is 56.2 Å². The smallest absolute Gasteiger partial charge is 0.407 e. The Bertz CT molecular complexity index is 1210. The number of benzene rings is 1. The normalized spacial score (nSPS) is 17.0. The number of carbonyl (C=O) groups is 3. The second kappa shape index (κ2) is 13.1. The highest BCUT2D eigenvalue weighted by atomic mass is 16.5. The van der Waals surface area contributed by atoms with Crippen molar-refractivity contribution >= 4 is 29.6 Å². The van der Waals surface area contributed by atoms with E-state index in [2.05, 4.69) is 15.5 Å². The third-order valence-corrected chi connectivity index (χ3v) is 6.51. The van der Waals surface area contributed by atoms with Crippen LogP contribution < -0.4 is 15.5 Å². The minimum Gasteiger partial charge on any atom is -0.465 e. The number of ether oxygens (including phenoxy) is 2. The fourth-order valence-corrected chi connectivity index (χ4v) is 4.70. The molecular formula is C27H34N6O6. The molecule has 0 aliphatic carbocycles. The number of hydrogen-bond donors (Lipinski definition) is 3. The van der Waals surface area contributed by atoms with Crippen LogP contribution in [0.1, 0.15) is 37.6 Å². The van der Waals surface area contributed by atoms with Crippen LogP contribution in [0.2, 0.25) is 0 Å². The Kier molecular flexibility index (Phi) is 9.31. The van der Waals surface area contributed by atoms with E-state index in [4.69, 9.17) is 19.4 Å². The monoisotopic (exact) mass is 538 g/mol. The summed E-state index contributed by atoms with van der Waals surface area (Å²) in [7, 11) is 0. The Labute approximate surface area is 227 Å². The first-order valence-corrected chi connectivity index (χ1v) is 13.1. The van der Waals surface area contributed by atoms with Crippen molar-refractivity contribution < 1.29 is 29.0 Å². The molecule has 0 radical (unpaired) electrons. The summed E-state index contributed by atoms with van der Waals surface area (Å²) in [6, 6.07) is 6.28. The van der Waals surface area contributed by atoms with Crippen molar-refractivity contribution in [1.82, 2.24) is 20.2 Å². The number of esters is 1. The summed E-state index contributed by atoms with van der Waals surface area (Å²) in [5, 5.41) is 15.4. The standard InChI is InChI=1S/C27H34N6O6/c1-3-28-26(35)29-19-10-8-18(9-11-19)24-30-23-20(25(31-24)32-14-16-38-17-15-32)12-13-33(27(36)37)21(23)6-5-7-22(34)39-4-2/h5,7-11,21H,3-4,6,12-17H2,1-2H3,(H,36,37)(H2,28,29,35). The number of fused-ring (bicyclic) bond motifs is 1. The van der Waals surface area contributed by atoms with Gasteiger partial charge < -0.3 is 30.1 Å². The van der Waals surface area contributed by atoms with Crippen molar-refractivity contribution in [3.05, 3.63) is 47.7 Å². The van der Waals surface area contributed by atoms with Gasteiger partial charge >= 0.3 is 18.1 Å². The van der Waals surface area contributed by atoms with Crippen molar-refractivity contribution in [2.24, 2.45) is 0 Å². The number of urea groups is 1. The van der Waals surface area contributed by atoms with Gasteiger partial charge in [0.25, 0.3) is 0 Å². The molecule has 12 nitrogen and oxygen atoms in total. The molecule has 0 saturated carbocycles. The van der Waals surface area contributed by atoms with Crippen LogP contribution in [0, 0.1) is 0 Å². The summed E-state index contributed by atoms with van der Waals surface area (Å²) in [6.45, 7) is 7.09. The largest absolute Gasteiger partial charge is 0.465 e. The van der Waals surface area contributed by atoms with Crippen LogP contribution in [0.5, 0.6) is 0 Å². The van der Waals surface area contributed by atoms with Gasteiger partial charge in [-0.05, 0) is 51.0 Å². The Morgan fingerprint density at radius 3 is 2.54 bits per heavy atom. The number of nitrogens with zero attached hydrogens (tertiary/aromatic N) is 4. The predicted octanol–water partition coefficient (Wildman–Crippen LogP) is 3.21. The Morgan fingerprint density at radius 2 is 1.87 bits per heavy atom. The third-order valence-electron chi connectivity index (χ3n) is 6.51. The van der Waals surface area contributed by atoms with Crippen LogP contribution in [0.25, 0.3) is 11.4 Å². The molecule has 0 bridgehead atoms. The van der Waals surface area contributed by atoms with E-state index in [1.807, 2.05) is 19.1 Å². The average molecular weight is 539 g/mol. The molecule has 2 aromatic rings. The molecule has 1 aromatic carbocycles. The molecule has 1 atom stereocenters. The topological polar surface area (TPSA) is 146 Å². The van der Waals surface area contributed by atoms with Crippen molar-refractivity contribution in [1.29, 1.82) is 0 Å². The maximum Gasteiger partial charge on any atom is 0.407 e. The van der Waals surface area contributed by atoms with E-state index in [9.17, 15) is 19.5 Å². The van der Waals surface area contributed by atoms with Crippen LogP contribution in [-0.2, 0) is 20.7 Å². The summed E-state index contributed by atoms with van der Waals surface area (Å²) >= 11 is 0. The number of rotatable bonds is 8. The molecule has 1 unspecified atom stereocenters. The van der Waals surface area contributed by atoms with E-state index in [0.29, 0.717) is 63.0 Å². The van der Waals surface area contributed by atoms with E-state index >= 15 is 0 Å². The lowest BCUT2D eigenvalue weighted by molar-refractivity contribution is -0.137. The number of carboxylic acid groups (broad SMARTS) is 1. The highest BCUT2D eigenvalue weighted by molar-refractivity contribution is 5.89. The summed E-state index contributed by atoms with van der Waals surface area (Å²) in [6.07, 6.45) is 2.63. The van der Waals surface area contributed by atoms with Crippen molar-refractivity contribution in [3.63, 3.8) is 0 Å². The van der Waals surface area contributed by atoms with Gasteiger partial charge in [-0.2, -0.15) is 0 Å². The van der Waals surface area contributed by atoms with E-state index in [1.54, 1.807) is 25.1 Å². The van der Waals surface area contributed by atoms with Gasteiger partial charge in [0.2, 0.25) is 0 Å². The molecule has 0 spiro atoms. The predicted molar refractivity (Wildman–Crippen MR) is 145 cm³/mol. The van der Waals surface area contributed by atoms with Gasteiger partial charge in [-0.3, -0.25) is 4.90 Å². The molecule has 3 N–H and O–H groups in total. The van der Waals surface area contributed by atoms with Crippen LogP contribution in [-0.4, -0.2) is 84.1 Å². The first kappa shape index (κ1) is 27.8. The zero-order chi connectivity index (χ0) is 27.8. The number of hydrogen-bond acceptors (Lipinski definition) is 8. The second-order valence-corrected chi connectivity index (χ2v) is 9.03. The molecule has 1 saturated heterocycles. The first-order chi connectivity index (χ1) is 18.9. The van der Waals surface area contributed by atoms with Crippen LogP contribution in [0.3, 0.4) is 0 Å². The highest BCUT2D eigenvalue weighted by Crippen LogP contribution is 2.37. The lowest BCUT2D eigenvalue weighted by Crippen LogP contribution is -2.42. The maximum absolute atomic E-state index is 12.2. The van der Waals surface area contributed by atoms with E-state index in [1.165, 1.54) is 11.0 Å². The second-order valence-electron chi connectivity index (χ2n) is 9.03. The van der Waals surface area contributed by atoms with Crippen molar-refractivity contribution in [3.8, 4) is 11.4 Å². The molecule has 2 aliphatic heterocycles. The minimum absolute atomic E-state index is 0.256. The number of carbonyl (C=O) groups excluding carboxylic acids is 2. The minimum atomic E-state index is -1.05. The van der Waals surface area contributed by atoms with Crippen LogP contribution >= 0.6 is 0 Å². The highest BCUT2D eigenvalue weighted by Gasteiger charge is 2.35. The SMILES string of the molecule is CCNC(=O)Nc1ccc(-c2nc3c(c(N4CCOCC4)n2)CCN(C(=O)O)C3CC=CC(=O)OCC)cc1. The number of morpholine rings is 1. The van der Waals surface area contributed by atoms with Crippen molar-refractivity contribution in [2.45, 2.75) is 32.7 Å². The number of aromatic nitrogens is 2. The molecule has 12 heteroatoms. The van der Waals surface area contributed by atoms with E-state index in [-0.39, 0.29) is 19.1 Å². The lowest BCUT2D eigenvalue weighted by atomic mass is 9.95. The first-order valence-electron chi connectivity index (χ1n) is 13.1. The molecule has 39 heavy (non-hydrogen) atoms. The summed E-state index contributed by atoms with van der Waals surface area (Å²) in [5.41, 5.74) is 2.87. The average Bonchev–Trinajstić information content (AvgIpc) is 2.93. The van der Waals surface area contributed by atoms with Gasteiger partial charge in [0.05, 0.1) is 31.6 Å². The quantitative estimate of drug-likeness (QED) is 0.341. The molecule has 3 heterocycles. The zero-order valence-corrected chi connectivity index (χ0v) is 22.2. The molecular weight excluding hydrogens is 504 g/mol. The van der Waals surface area contributed by atoms with Gasteiger partial charge in [0, 0.05) is 49.1 Å². The van der Waals surface area contributed by atoms with Gasteiger partial charge in [-0.1, -0.05) is 6.08 Å². The van der Waals surface area contributed by atoms with Crippen LogP contribution in [0.4, 0.5) is 21.1 Å². The van der Waals surface area contributed by atoms with Gasteiger partial charge in [-0.25, -0.2) is 24.4 Å². The fourth-order valence-electron chi connectivity index (χ4n) is 4.70. The molecule has 1 fully saturated rings. The number of anilines is 2. The van der Waals surface area contributed by atoms with E-state index in [0.717, 1.165) is 16.9 Å². The van der Waals surface area contributed by atoms with E-state index < -0.39 is 18.1 Å². The molecule has 2 aliphatic rings. The van der Waals surface area contributed by atoms with Gasteiger partial charge in [-0.15, -0.1) is 0 Å². The Morgan fingerprint density at radius 1 is 1.13 bits per heavy atom. The Balaban J connectivity index is 1.74. The lowest BCUT2D eigenvalue weighted by Gasteiger charge is -2.37. The summed E-state index contributed by atoms with van der Waals surface area (Å²) < 4.78 is 10.5. The number of nitrogens with one attached hydrogen (secondary N) is 2. The zero-order valence-electron chi connectivity index (χ0n) is 22.2. The molecule has 4 rings (SSSR count). The van der Waals surface area contributed by atoms with Gasteiger partial charge in [0.15, 0.2) is 5.82 Å². The summed E-state index contributed by atoms with van der Waals surface area (Å²) in [5.74, 6) is 0.743. The van der Waals surface area contributed by atoms with Gasteiger partial charge in [0.1, 0.15) is 5.82 Å². The number of amides is 3. The van der Waals surface area contributed by atoms with Crippen LogP contribution in [0.15, 0.2) is 36.4 Å².